The molecule has 2 aromatic rings. The van der Waals surface area contributed by atoms with E-state index in [0.717, 1.165) is 0 Å². The third kappa shape index (κ3) is 14.1. The molecule has 22 heteroatoms. The van der Waals surface area contributed by atoms with Gasteiger partial charge in [-0.2, -0.15) is 0 Å². The second-order valence-corrected chi connectivity index (χ2v) is 15.3. The lowest BCUT2D eigenvalue weighted by Crippen LogP contribution is -2.70. The maximum atomic E-state index is 13.3. The zero-order valence-corrected chi connectivity index (χ0v) is 33.7. The van der Waals surface area contributed by atoms with Crippen LogP contribution >= 0.6 is 0 Å². The lowest BCUT2D eigenvalue weighted by molar-refractivity contribution is -0.341. The average molecular weight is 872 g/mol. The first-order valence-corrected chi connectivity index (χ1v) is 19.4. The van der Waals surface area contributed by atoms with Crippen molar-refractivity contribution in [1.82, 2.24) is 16.0 Å². The molecule has 342 valence electrons. The van der Waals surface area contributed by atoms with Gasteiger partial charge in [-0.1, -0.05) is 60.7 Å². The Morgan fingerprint density at radius 1 is 0.689 bits per heavy atom. The van der Waals surface area contributed by atoms with Gasteiger partial charge in [-0.05, 0) is 31.9 Å². The van der Waals surface area contributed by atoms with Gasteiger partial charge in [0.2, 0.25) is 0 Å². The molecule has 2 aliphatic heterocycles. The average Bonchev–Trinajstić information content (AvgIpc) is 3.24. The van der Waals surface area contributed by atoms with Crippen molar-refractivity contribution in [2.24, 2.45) is 0 Å². The molecule has 0 spiro atoms. The van der Waals surface area contributed by atoms with Crippen LogP contribution in [0.1, 0.15) is 31.9 Å². The van der Waals surface area contributed by atoms with Gasteiger partial charge in [0.05, 0.1) is 32.5 Å². The molecule has 2 aliphatic rings. The van der Waals surface area contributed by atoms with Gasteiger partial charge in [0, 0.05) is 0 Å². The van der Waals surface area contributed by atoms with Gasteiger partial charge in [0.1, 0.15) is 85.8 Å². The number of rotatable bonds is 18. The number of amides is 3. The number of aliphatic hydroxyl groups is 9. The van der Waals surface area contributed by atoms with Gasteiger partial charge in [-0.3, -0.25) is 0 Å². The van der Waals surface area contributed by atoms with Crippen molar-refractivity contribution < 1.29 is 93.5 Å². The van der Waals surface area contributed by atoms with Gasteiger partial charge < -0.3 is 95.1 Å². The Bertz CT molecular complexity index is 1640. The highest BCUT2D eigenvalue weighted by Crippen LogP contribution is 2.31. The van der Waals surface area contributed by atoms with Crippen molar-refractivity contribution >= 4 is 18.3 Å². The summed E-state index contributed by atoms with van der Waals surface area (Å²) in [7, 11) is 0. The molecular weight excluding hydrogens is 814 g/mol. The summed E-state index contributed by atoms with van der Waals surface area (Å²) in [6, 6.07) is 11.9. The van der Waals surface area contributed by atoms with Crippen molar-refractivity contribution in [1.29, 1.82) is 0 Å². The van der Waals surface area contributed by atoms with Crippen LogP contribution in [-0.4, -0.2) is 182 Å². The number of alkyl carbamates (subject to hydrolysis) is 3. The highest BCUT2D eigenvalue weighted by atomic mass is 16.7. The molecule has 0 aliphatic carbocycles. The van der Waals surface area contributed by atoms with Crippen molar-refractivity contribution in [2.75, 3.05) is 26.4 Å². The fourth-order valence-corrected chi connectivity index (χ4v) is 6.40. The van der Waals surface area contributed by atoms with Crippen LogP contribution in [0.5, 0.6) is 0 Å². The zero-order valence-electron chi connectivity index (χ0n) is 33.7. The van der Waals surface area contributed by atoms with E-state index >= 15 is 0 Å². The highest BCUT2D eigenvalue weighted by molar-refractivity contribution is 5.69. The van der Waals surface area contributed by atoms with Gasteiger partial charge in [0.25, 0.3) is 0 Å². The standard InChI is InChI=1S/C39H57N3O19/c1-39(2,3)61-38(54)40-22(14-43)28(48)32(23(47)15-44)59-35-27(42-37(53)56-19-21-12-8-5-9-13-21)31(51)33(25(17-46)58-35)60-34-26(30(50)29(49)24(16-45)57-34)41-36(52)55-18-20-10-6-4-7-11-20/h4-13,22-35,43-51H,14-19H2,1-3H3,(H,40,54)(H,41,52)(H,42,53)/t22?,23?,24?,25?,26?,27?,28-,29+,30-,31-,32+,33+,34-,35-/m0/s1. The van der Waals surface area contributed by atoms with Crippen LogP contribution in [-0.2, 0) is 46.4 Å². The van der Waals surface area contributed by atoms with Gasteiger partial charge in [0.15, 0.2) is 12.6 Å². The number of carbonyl (C=O) groups is 3. The molecule has 12 N–H and O–H groups in total. The molecule has 22 nitrogen and oxygen atoms in total. The van der Waals surface area contributed by atoms with Gasteiger partial charge in [-0.15, -0.1) is 0 Å². The van der Waals surface area contributed by atoms with E-state index in [1.165, 1.54) is 0 Å². The van der Waals surface area contributed by atoms with Crippen LogP contribution in [0.4, 0.5) is 14.4 Å². The number of hydrogen-bond acceptors (Lipinski definition) is 19. The summed E-state index contributed by atoms with van der Waals surface area (Å²) in [4.78, 5) is 38.7. The van der Waals surface area contributed by atoms with Gasteiger partial charge in [-0.25, -0.2) is 14.4 Å². The first-order valence-electron chi connectivity index (χ1n) is 19.4. The molecular formula is C39H57N3O19. The molecule has 0 bridgehead atoms. The minimum atomic E-state index is -2.04. The fraction of sp³-hybridized carbons (Fsp3) is 0.615. The van der Waals surface area contributed by atoms with Crippen molar-refractivity contribution in [2.45, 2.75) is 125 Å². The number of aliphatic hydroxyl groups excluding tert-OH is 9. The number of carbonyl (C=O) groups excluding carboxylic acids is 3. The van der Waals surface area contributed by atoms with Gasteiger partial charge >= 0.3 is 18.3 Å². The number of nitrogens with one attached hydrogen (secondary N) is 3. The molecule has 0 radical (unpaired) electrons. The predicted molar refractivity (Wildman–Crippen MR) is 206 cm³/mol. The smallest absolute Gasteiger partial charge is 0.408 e. The molecule has 2 aromatic carbocycles. The second kappa shape index (κ2) is 23.3. The Balaban J connectivity index is 1.63. The Morgan fingerprint density at radius 2 is 1.20 bits per heavy atom. The van der Waals surface area contributed by atoms with E-state index in [2.05, 4.69) is 16.0 Å². The maximum absolute atomic E-state index is 13.3. The minimum absolute atomic E-state index is 0.197. The van der Waals surface area contributed by atoms with Crippen LogP contribution in [0.15, 0.2) is 60.7 Å². The Morgan fingerprint density at radius 3 is 1.67 bits per heavy atom. The van der Waals surface area contributed by atoms with Crippen molar-refractivity contribution in [3.05, 3.63) is 71.8 Å². The van der Waals surface area contributed by atoms with E-state index in [1.54, 1.807) is 81.4 Å². The summed E-state index contributed by atoms with van der Waals surface area (Å²) in [6.07, 6.45) is -23.7. The highest BCUT2D eigenvalue weighted by Gasteiger charge is 2.53. The third-order valence-electron chi connectivity index (χ3n) is 9.52. The summed E-state index contributed by atoms with van der Waals surface area (Å²) in [6.45, 7) is 0.404. The molecule has 3 amide bonds. The minimum Gasteiger partial charge on any atom is -0.445 e. The fourth-order valence-electron chi connectivity index (χ4n) is 6.40. The lowest BCUT2D eigenvalue weighted by Gasteiger charge is -2.48. The first kappa shape index (κ1) is 49.4. The summed E-state index contributed by atoms with van der Waals surface area (Å²) < 4.78 is 39.3. The summed E-state index contributed by atoms with van der Waals surface area (Å²) in [5, 5.41) is 103. The molecule has 0 aromatic heterocycles. The Hall–Kier alpha value is -4.27. The molecule has 6 unspecified atom stereocenters. The molecule has 2 saturated heterocycles. The maximum Gasteiger partial charge on any atom is 0.408 e. The third-order valence-corrected chi connectivity index (χ3v) is 9.52. The van der Waals surface area contributed by atoms with Crippen LogP contribution in [0, 0.1) is 0 Å². The Labute approximate surface area is 350 Å². The van der Waals surface area contributed by atoms with Crippen LogP contribution in [0.25, 0.3) is 0 Å². The van der Waals surface area contributed by atoms with Crippen LogP contribution < -0.4 is 16.0 Å². The monoisotopic (exact) mass is 871 g/mol. The molecule has 14 atom stereocenters. The molecule has 2 heterocycles. The van der Waals surface area contributed by atoms with E-state index < -0.39 is 136 Å². The normalized spacial score (nSPS) is 28.7. The molecule has 61 heavy (non-hydrogen) atoms. The van der Waals surface area contributed by atoms with Crippen molar-refractivity contribution in [3.63, 3.8) is 0 Å². The van der Waals surface area contributed by atoms with E-state index in [-0.39, 0.29) is 13.2 Å². The quantitative estimate of drug-likeness (QED) is 0.0687. The van der Waals surface area contributed by atoms with Crippen LogP contribution in [0.3, 0.4) is 0 Å². The zero-order chi connectivity index (χ0) is 44.9. The Kier molecular flexibility index (Phi) is 18.8. The number of ether oxygens (including phenoxy) is 7. The largest absolute Gasteiger partial charge is 0.445 e. The summed E-state index contributed by atoms with van der Waals surface area (Å²) in [5.74, 6) is 0. The van der Waals surface area contributed by atoms with Crippen LogP contribution in [0.2, 0.25) is 0 Å². The van der Waals surface area contributed by atoms with E-state index in [0.29, 0.717) is 11.1 Å². The van der Waals surface area contributed by atoms with Crippen molar-refractivity contribution in [3.8, 4) is 0 Å². The number of benzene rings is 2. The van der Waals surface area contributed by atoms with E-state index in [1.807, 2.05) is 0 Å². The topological polar surface area (TPSA) is 334 Å². The second-order valence-electron chi connectivity index (χ2n) is 15.3. The predicted octanol–water partition coefficient (Wildman–Crippen LogP) is -2.54. The molecule has 0 saturated carbocycles. The molecule has 4 rings (SSSR count). The summed E-state index contributed by atoms with van der Waals surface area (Å²) >= 11 is 0. The SMILES string of the molecule is CC(C)(C)OC(=O)NC(CO)[C@H](O)[C@H](O[C@@H]1OC(CO)[C@@H](O[C@@H]2OC(CO)[C@@H](O)[C@@H](O)C2NC(=O)OCc2ccccc2)[C@@H](O)C1NC(=O)OCc1ccccc1)C(O)CO. The van der Waals surface area contributed by atoms with E-state index in [4.69, 9.17) is 33.2 Å². The first-order chi connectivity index (χ1) is 29.0. The van der Waals surface area contributed by atoms with E-state index in [9.17, 15) is 60.3 Å². The summed E-state index contributed by atoms with van der Waals surface area (Å²) in [5.41, 5.74) is 0.197. The lowest BCUT2D eigenvalue weighted by atomic mass is 9.94. The molecule has 2 fully saturated rings. The number of hydrogen-bond donors (Lipinski definition) is 12.